The van der Waals surface area contributed by atoms with Crippen LogP contribution >= 0.6 is 0 Å². The lowest BCUT2D eigenvalue weighted by Gasteiger charge is -2.38. The van der Waals surface area contributed by atoms with Crippen LogP contribution < -0.4 is 14.8 Å². The Morgan fingerprint density at radius 2 is 1.68 bits per heavy atom. The van der Waals surface area contributed by atoms with Gasteiger partial charge in [0, 0.05) is 41.9 Å². The molecule has 0 radical (unpaired) electrons. The summed E-state index contributed by atoms with van der Waals surface area (Å²) in [6.45, 7) is 4.03. The molecule has 0 saturated carbocycles. The molecule has 0 bridgehead atoms. The highest BCUT2D eigenvalue weighted by Gasteiger charge is 2.36. The number of aryl methyl sites for hydroxylation is 1. The zero-order chi connectivity index (χ0) is 25.2. The number of carbonyl (C=O) groups is 1. The molecule has 37 heavy (non-hydrogen) atoms. The van der Waals surface area contributed by atoms with Gasteiger partial charge in [0.05, 0.1) is 0 Å². The van der Waals surface area contributed by atoms with Crippen molar-refractivity contribution in [2.75, 3.05) is 26.6 Å². The second kappa shape index (κ2) is 9.71. The summed E-state index contributed by atoms with van der Waals surface area (Å²) in [4.78, 5) is 13.1. The third kappa shape index (κ3) is 4.56. The van der Waals surface area contributed by atoms with Gasteiger partial charge < -0.3 is 23.9 Å². The molecule has 6 rings (SSSR count). The molecule has 0 spiro atoms. The number of nitrogens with one attached hydrogen (secondary N) is 1. The number of carbonyl (C=O) groups excluding carboxylic acids is 1. The molecule has 0 unspecified atom stereocenters. The first-order valence-corrected chi connectivity index (χ1v) is 12.4. The minimum atomic E-state index is -0.232. The number of nitrogens with zero attached hydrogens (tertiary/aromatic N) is 2. The van der Waals surface area contributed by atoms with E-state index in [4.69, 9.17) is 18.6 Å². The highest BCUT2D eigenvalue weighted by Crippen LogP contribution is 2.40. The number of ether oxygens (including phenoxy) is 3. The van der Waals surface area contributed by atoms with Crippen LogP contribution in [0, 0.1) is 6.92 Å². The molecule has 188 valence electrons. The van der Waals surface area contributed by atoms with Crippen LogP contribution in [0.5, 0.6) is 11.5 Å². The van der Waals surface area contributed by atoms with Crippen molar-refractivity contribution < 1.29 is 23.4 Å². The molecular weight excluding hydrogens is 470 g/mol. The minimum Gasteiger partial charge on any atom is -0.454 e. The van der Waals surface area contributed by atoms with Crippen molar-refractivity contribution >= 4 is 5.91 Å². The molecule has 8 heteroatoms. The van der Waals surface area contributed by atoms with E-state index in [2.05, 4.69) is 21.6 Å². The van der Waals surface area contributed by atoms with Crippen LogP contribution in [0.4, 0.5) is 0 Å². The fourth-order valence-electron chi connectivity index (χ4n) is 4.93. The van der Waals surface area contributed by atoms with Crippen molar-refractivity contribution in [1.29, 1.82) is 0 Å². The molecule has 1 amide bonds. The summed E-state index contributed by atoms with van der Waals surface area (Å²) < 4.78 is 22.6. The Bertz CT molecular complexity index is 1420. The van der Waals surface area contributed by atoms with Gasteiger partial charge in [-0.15, -0.1) is 10.2 Å². The molecule has 3 aromatic carbocycles. The molecule has 2 aliphatic heterocycles. The lowest BCUT2D eigenvalue weighted by molar-refractivity contribution is 0.0486. The van der Waals surface area contributed by atoms with Crippen molar-refractivity contribution in [1.82, 2.24) is 15.5 Å². The van der Waals surface area contributed by atoms with Crippen LogP contribution in [0.25, 0.3) is 22.9 Å². The van der Waals surface area contributed by atoms with Crippen LogP contribution in [-0.4, -0.2) is 42.7 Å². The predicted molar refractivity (Wildman–Crippen MR) is 137 cm³/mol. The summed E-state index contributed by atoms with van der Waals surface area (Å²) in [5.74, 6) is 2.25. The van der Waals surface area contributed by atoms with Crippen molar-refractivity contribution in [2.45, 2.75) is 25.2 Å². The fraction of sp³-hybridized carbons (Fsp3) is 0.276. The first kappa shape index (κ1) is 23.2. The maximum Gasteiger partial charge on any atom is 0.251 e. The monoisotopic (exact) mass is 497 g/mol. The third-order valence-corrected chi connectivity index (χ3v) is 7.22. The topological polar surface area (TPSA) is 95.7 Å². The lowest BCUT2D eigenvalue weighted by atomic mass is 9.74. The summed E-state index contributed by atoms with van der Waals surface area (Å²) in [6, 6.07) is 21.1. The smallest absolute Gasteiger partial charge is 0.251 e. The average Bonchev–Trinajstić information content (AvgIpc) is 3.62. The van der Waals surface area contributed by atoms with Gasteiger partial charge in [0.15, 0.2) is 11.5 Å². The number of fused-ring (bicyclic) bond motifs is 1. The van der Waals surface area contributed by atoms with E-state index in [0.29, 0.717) is 37.1 Å². The Kier molecular flexibility index (Phi) is 6.10. The van der Waals surface area contributed by atoms with E-state index in [-0.39, 0.29) is 18.1 Å². The predicted octanol–water partition coefficient (Wildman–Crippen LogP) is 4.92. The Hall–Kier alpha value is -4.17. The Morgan fingerprint density at radius 1 is 0.919 bits per heavy atom. The largest absolute Gasteiger partial charge is 0.454 e. The SMILES string of the molecule is Cc1ccccc1-c1nnc(-c2ccc(C(=O)NCC3(c4ccc5c(c4)OCO5)CCOCC3)cc2)o1. The molecule has 1 aromatic heterocycles. The first-order valence-electron chi connectivity index (χ1n) is 12.4. The molecule has 1 N–H and O–H groups in total. The van der Waals surface area contributed by atoms with Gasteiger partial charge in [-0.2, -0.15) is 0 Å². The maximum atomic E-state index is 13.1. The van der Waals surface area contributed by atoms with E-state index < -0.39 is 0 Å². The zero-order valence-electron chi connectivity index (χ0n) is 20.5. The molecule has 4 aromatic rings. The van der Waals surface area contributed by atoms with Crippen LogP contribution in [0.2, 0.25) is 0 Å². The second-order valence-corrected chi connectivity index (χ2v) is 9.45. The summed E-state index contributed by atoms with van der Waals surface area (Å²) in [5, 5.41) is 11.5. The summed E-state index contributed by atoms with van der Waals surface area (Å²) >= 11 is 0. The van der Waals surface area contributed by atoms with Gasteiger partial charge in [-0.1, -0.05) is 24.3 Å². The van der Waals surface area contributed by atoms with Crippen molar-refractivity contribution in [3.8, 4) is 34.4 Å². The highest BCUT2D eigenvalue weighted by molar-refractivity contribution is 5.94. The molecule has 8 nitrogen and oxygen atoms in total. The molecule has 0 aliphatic carbocycles. The summed E-state index contributed by atoms with van der Waals surface area (Å²) in [7, 11) is 0. The number of rotatable bonds is 6. The normalized spacial score (nSPS) is 15.9. The van der Waals surface area contributed by atoms with Crippen molar-refractivity contribution in [3.63, 3.8) is 0 Å². The van der Waals surface area contributed by atoms with Crippen LogP contribution in [0.3, 0.4) is 0 Å². The van der Waals surface area contributed by atoms with Gasteiger partial charge in [0.2, 0.25) is 18.6 Å². The van der Waals surface area contributed by atoms with E-state index in [0.717, 1.165) is 46.6 Å². The first-order chi connectivity index (χ1) is 18.1. The molecular formula is C29H27N3O5. The second-order valence-electron chi connectivity index (χ2n) is 9.45. The Morgan fingerprint density at radius 3 is 2.49 bits per heavy atom. The molecule has 2 aliphatic rings. The lowest BCUT2D eigenvalue weighted by Crippen LogP contribution is -2.44. The average molecular weight is 498 g/mol. The number of amides is 1. The summed E-state index contributed by atoms with van der Waals surface area (Å²) in [5.41, 5.74) is 4.18. The minimum absolute atomic E-state index is 0.135. The van der Waals surface area contributed by atoms with Gasteiger partial charge in [-0.25, -0.2) is 0 Å². The van der Waals surface area contributed by atoms with E-state index in [9.17, 15) is 4.79 Å². The molecule has 0 atom stereocenters. The van der Waals surface area contributed by atoms with Gasteiger partial charge >= 0.3 is 0 Å². The van der Waals surface area contributed by atoms with E-state index >= 15 is 0 Å². The highest BCUT2D eigenvalue weighted by atomic mass is 16.7. The standard InChI is InChI=1S/C29H27N3O5/c1-19-4-2-3-5-23(19)28-32-31-27(37-28)21-8-6-20(7-9-21)26(33)30-17-29(12-14-34-15-13-29)22-10-11-24-25(16-22)36-18-35-24/h2-11,16H,12-15,17-18H2,1H3,(H,30,33). The van der Waals surface area contributed by atoms with Crippen molar-refractivity contribution in [2.24, 2.45) is 0 Å². The molecule has 3 heterocycles. The number of hydrogen-bond acceptors (Lipinski definition) is 7. The number of benzene rings is 3. The van der Waals surface area contributed by atoms with E-state index in [1.807, 2.05) is 55.5 Å². The van der Waals surface area contributed by atoms with Crippen LogP contribution in [0.1, 0.15) is 34.3 Å². The maximum absolute atomic E-state index is 13.1. The number of hydrogen-bond donors (Lipinski definition) is 1. The van der Waals surface area contributed by atoms with Gasteiger partial charge in [0.25, 0.3) is 5.91 Å². The molecule has 1 fully saturated rings. The molecule has 1 saturated heterocycles. The van der Waals surface area contributed by atoms with Crippen molar-refractivity contribution in [3.05, 3.63) is 83.4 Å². The van der Waals surface area contributed by atoms with Gasteiger partial charge in [0.1, 0.15) is 0 Å². The Balaban J connectivity index is 1.16. The fourth-order valence-corrected chi connectivity index (χ4v) is 4.93. The van der Waals surface area contributed by atoms with E-state index in [1.165, 1.54) is 0 Å². The third-order valence-electron chi connectivity index (χ3n) is 7.22. The summed E-state index contributed by atoms with van der Waals surface area (Å²) in [6.07, 6.45) is 1.62. The van der Waals surface area contributed by atoms with Gasteiger partial charge in [-0.05, 0) is 73.4 Å². The van der Waals surface area contributed by atoms with Gasteiger partial charge in [-0.3, -0.25) is 4.79 Å². The van der Waals surface area contributed by atoms with Crippen LogP contribution in [0.15, 0.2) is 71.1 Å². The van der Waals surface area contributed by atoms with E-state index in [1.54, 1.807) is 12.1 Å². The zero-order valence-corrected chi connectivity index (χ0v) is 20.5. The van der Waals surface area contributed by atoms with Crippen LogP contribution in [-0.2, 0) is 10.2 Å². The number of aromatic nitrogens is 2. The Labute approximate surface area is 214 Å². The quantitative estimate of drug-likeness (QED) is 0.404.